The molecule has 0 saturated heterocycles. The van der Waals surface area contributed by atoms with Crippen molar-refractivity contribution >= 4 is 47.0 Å². The number of hydrazone groups is 1. The Balaban J connectivity index is 0.00000280. The molecule has 0 unspecified atom stereocenters. The van der Waals surface area contributed by atoms with E-state index < -0.39 is 0 Å². The molecule has 0 radical (unpaired) electrons. The predicted octanol–water partition coefficient (Wildman–Crippen LogP) is 5.14. The maximum absolute atomic E-state index is 13.0. The molecule has 7 nitrogen and oxygen atoms in total. The first kappa shape index (κ1) is 24.7. The topological polar surface area (TPSA) is 89.6 Å². The van der Waals surface area contributed by atoms with Crippen molar-refractivity contribution in [1.82, 2.24) is 15.3 Å². The Labute approximate surface area is 221 Å². The van der Waals surface area contributed by atoms with Crippen molar-refractivity contribution in [2.45, 2.75) is 18.9 Å². The third-order valence-electron chi connectivity index (χ3n) is 6.88. The highest BCUT2D eigenvalue weighted by Crippen LogP contribution is 2.48. The second kappa shape index (κ2) is 9.84. The number of nitrogens with zero attached hydrogens (tertiary/aromatic N) is 2. The van der Waals surface area contributed by atoms with E-state index in [1.807, 2.05) is 50.5 Å². The summed E-state index contributed by atoms with van der Waals surface area (Å²) in [7, 11) is 4.08. The fourth-order valence-electron chi connectivity index (χ4n) is 5.16. The van der Waals surface area contributed by atoms with E-state index >= 15 is 0 Å². The van der Waals surface area contributed by atoms with Crippen LogP contribution in [-0.2, 0) is 11.3 Å². The molecule has 3 aromatic carbocycles. The molecule has 1 aliphatic carbocycles. The average Bonchev–Trinajstić information content (AvgIpc) is 3.62. The lowest BCUT2D eigenvalue weighted by atomic mass is 10.0. The molecular formula is C29H28ClN5O2. The van der Waals surface area contributed by atoms with E-state index in [1.54, 1.807) is 12.3 Å². The van der Waals surface area contributed by atoms with Crippen molar-refractivity contribution < 1.29 is 9.59 Å². The number of benzene rings is 3. The van der Waals surface area contributed by atoms with Crippen LogP contribution in [0.2, 0.25) is 0 Å². The summed E-state index contributed by atoms with van der Waals surface area (Å²) in [6, 6.07) is 22.1. The molecule has 8 heteroatoms. The molecule has 1 aromatic heterocycles. The largest absolute Gasteiger partial charge is 0.354 e. The number of nitrogens with one attached hydrogen (secondary N) is 3. The van der Waals surface area contributed by atoms with Gasteiger partial charge in [0.25, 0.3) is 5.91 Å². The smallest absolute Gasteiger partial charge is 0.272 e. The van der Waals surface area contributed by atoms with Crippen LogP contribution in [0.25, 0.3) is 22.2 Å². The summed E-state index contributed by atoms with van der Waals surface area (Å²) in [6.07, 6.45) is 2.52. The minimum atomic E-state index is -0.299. The number of carbonyl (C=O) groups excluding carboxylic acids is 2. The molecule has 2 amide bonds. The molecule has 3 N–H and O–H groups in total. The Morgan fingerprint density at radius 3 is 2.68 bits per heavy atom. The monoisotopic (exact) mass is 513 g/mol. The van der Waals surface area contributed by atoms with Gasteiger partial charge in [-0.15, -0.1) is 12.4 Å². The van der Waals surface area contributed by atoms with E-state index in [9.17, 15) is 9.59 Å². The van der Waals surface area contributed by atoms with E-state index in [1.165, 1.54) is 11.1 Å². The summed E-state index contributed by atoms with van der Waals surface area (Å²) in [4.78, 5) is 31.5. The van der Waals surface area contributed by atoms with Crippen molar-refractivity contribution in [3.63, 3.8) is 0 Å². The van der Waals surface area contributed by atoms with Crippen LogP contribution in [0.1, 0.15) is 39.4 Å². The Hall–Kier alpha value is -3.94. The van der Waals surface area contributed by atoms with Crippen molar-refractivity contribution in [1.29, 1.82) is 0 Å². The van der Waals surface area contributed by atoms with Crippen LogP contribution in [0.15, 0.2) is 71.8 Å². The fourth-order valence-corrected chi connectivity index (χ4v) is 5.16. The molecule has 1 aliphatic heterocycles. The number of H-pyrrole nitrogens is 1. The normalized spacial score (nSPS) is 17.8. The van der Waals surface area contributed by atoms with Gasteiger partial charge in [-0.2, -0.15) is 5.10 Å². The average molecular weight is 514 g/mol. The SMILES string of the molecule is CN(C)Cc1cccc(-c2[nH]c3cc(NC(=O)[C@@H]4C[C@H]4c4ccccc4)cc4c3c2C=NNC4=O)c1.Cl. The van der Waals surface area contributed by atoms with E-state index in [4.69, 9.17) is 0 Å². The zero-order valence-corrected chi connectivity index (χ0v) is 21.4. The van der Waals surface area contributed by atoms with Crippen LogP contribution in [-0.4, -0.2) is 42.0 Å². The van der Waals surface area contributed by atoms with Gasteiger partial charge >= 0.3 is 0 Å². The highest BCUT2D eigenvalue weighted by molar-refractivity contribution is 6.18. The summed E-state index contributed by atoms with van der Waals surface area (Å²) in [6.45, 7) is 0.824. The first-order valence-electron chi connectivity index (χ1n) is 12.1. The van der Waals surface area contributed by atoms with E-state index in [0.717, 1.165) is 40.7 Å². The molecule has 0 spiro atoms. The van der Waals surface area contributed by atoms with E-state index in [2.05, 4.69) is 50.0 Å². The van der Waals surface area contributed by atoms with E-state index in [-0.39, 0.29) is 36.1 Å². The lowest BCUT2D eigenvalue weighted by molar-refractivity contribution is -0.117. The number of aromatic nitrogens is 1. The van der Waals surface area contributed by atoms with Crippen LogP contribution in [0.5, 0.6) is 0 Å². The zero-order chi connectivity index (χ0) is 24.8. The second-order valence-electron chi connectivity index (χ2n) is 9.85. The number of rotatable bonds is 6. The molecule has 37 heavy (non-hydrogen) atoms. The number of anilines is 1. The lowest BCUT2D eigenvalue weighted by Gasteiger charge is -2.10. The van der Waals surface area contributed by atoms with Gasteiger partial charge in [-0.3, -0.25) is 9.59 Å². The second-order valence-corrected chi connectivity index (χ2v) is 9.85. The van der Waals surface area contributed by atoms with Crippen molar-refractivity contribution in [2.75, 3.05) is 19.4 Å². The molecule has 0 bridgehead atoms. The van der Waals surface area contributed by atoms with Crippen molar-refractivity contribution in [3.05, 3.63) is 89.0 Å². The maximum atomic E-state index is 13.0. The maximum Gasteiger partial charge on any atom is 0.272 e. The quantitative estimate of drug-likeness (QED) is 0.333. The van der Waals surface area contributed by atoms with Gasteiger partial charge < -0.3 is 15.2 Å². The summed E-state index contributed by atoms with van der Waals surface area (Å²) >= 11 is 0. The minimum absolute atomic E-state index is 0. The van der Waals surface area contributed by atoms with Crippen LogP contribution < -0.4 is 10.7 Å². The molecule has 4 aromatic rings. The molecule has 2 aliphatic rings. The molecule has 1 fully saturated rings. The molecular weight excluding hydrogens is 486 g/mol. The molecule has 2 atom stereocenters. The first-order valence-corrected chi connectivity index (χ1v) is 12.1. The van der Waals surface area contributed by atoms with Gasteiger partial charge in [0, 0.05) is 34.6 Å². The zero-order valence-electron chi connectivity index (χ0n) is 20.6. The Morgan fingerprint density at radius 1 is 1.08 bits per heavy atom. The third kappa shape index (κ3) is 4.75. The van der Waals surface area contributed by atoms with Gasteiger partial charge in [0.2, 0.25) is 5.91 Å². The summed E-state index contributed by atoms with van der Waals surface area (Å²) in [5.41, 5.74) is 9.59. The predicted molar refractivity (Wildman–Crippen MR) is 149 cm³/mol. The minimum Gasteiger partial charge on any atom is -0.354 e. The highest BCUT2D eigenvalue weighted by Gasteiger charge is 2.43. The number of amides is 2. The molecule has 188 valence electrons. The van der Waals surface area contributed by atoms with Gasteiger partial charge in [0.1, 0.15) is 0 Å². The summed E-state index contributed by atoms with van der Waals surface area (Å²) in [5.74, 6) is -0.143. The van der Waals surface area contributed by atoms with Crippen LogP contribution in [0.4, 0.5) is 5.69 Å². The number of hydrogen-bond donors (Lipinski definition) is 3. The third-order valence-corrected chi connectivity index (χ3v) is 6.88. The van der Waals surface area contributed by atoms with Crippen LogP contribution in [0, 0.1) is 5.92 Å². The van der Waals surface area contributed by atoms with Gasteiger partial charge in [-0.25, -0.2) is 5.43 Å². The van der Waals surface area contributed by atoms with Gasteiger partial charge in [-0.05, 0) is 61.3 Å². The summed E-state index contributed by atoms with van der Waals surface area (Å²) < 4.78 is 0. The number of hydrogen-bond acceptors (Lipinski definition) is 4. The molecule has 6 rings (SSSR count). The van der Waals surface area contributed by atoms with Gasteiger partial charge in [0.15, 0.2) is 0 Å². The van der Waals surface area contributed by atoms with Crippen molar-refractivity contribution in [2.24, 2.45) is 11.0 Å². The molecule has 2 heterocycles. The lowest BCUT2D eigenvalue weighted by Crippen LogP contribution is -2.18. The van der Waals surface area contributed by atoms with E-state index in [0.29, 0.717) is 11.3 Å². The Morgan fingerprint density at radius 2 is 1.89 bits per heavy atom. The van der Waals surface area contributed by atoms with Gasteiger partial charge in [-0.1, -0.05) is 48.5 Å². The van der Waals surface area contributed by atoms with Crippen molar-refractivity contribution in [3.8, 4) is 11.3 Å². The summed E-state index contributed by atoms with van der Waals surface area (Å²) in [5, 5.41) is 8.00. The number of carbonyl (C=O) groups is 2. The Bertz CT molecular complexity index is 1530. The Kier molecular flexibility index (Phi) is 6.58. The fraction of sp³-hybridized carbons (Fsp3) is 0.207. The number of halogens is 1. The number of aromatic amines is 1. The van der Waals surface area contributed by atoms with Crippen LogP contribution in [0.3, 0.4) is 0 Å². The highest BCUT2D eigenvalue weighted by atomic mass is 35.5. The first-order chi connectivity index (χ1) is 17.5. The standard InChI is InChI=1S/C29H27N5O2.ClH/c1-34(2)16-17-7-6-10-19(11-17)27-24-15-30-33-29(36)23-12-20(13-25(32-27)26(23)24)31-28(35)22-14-21(22)18-8-4-3-5-9-18;/h3-13,15,21-22,32H,14,16H2,1-2H3,(H,31,35)(H,33,36);1H/t21-,22+;/m0./s1. The van der Waals surface area contributed by atoms with Crippen LogP contribution >= 0.6 is 12.4 Å². The molecule has 1 saturated carbocycles. The van der Waals surface area contributed by atoms with Gasteiger partial charge in [0.05, 0.1) is 17.5 Å².